The van der Waals surface area contributed by atoms with Crippen LogP contribution in [0.4, 0.5) is 4.79 Å². The van der Waals surface area contributed by atoms with Gasteiger partial charge in [0.1, 0.15) is 0 Å². The first-order valence-electron chi connectivity index (χ1n) is 0.651. The van der Waals surface area contributed by atoms with Crippen LogP contribution in [0.1, 0.15) is 0 Å². The molecule has 0 saturated carbocycles. The molecular formula is CH5AlCo2O3. The molecule has 2 radical (unpaired) electrons. The van der Waals surface area contributed by atoms with E-state index >= 15 is 0 Å². The summed E-state index contributed by atoms with van der Waals surface area (Å²) in [6, 6.07) is 0. The van der Waals surface area contributed by atoms with Crippen LogP contribution in [0.15, 0.2) is 0 Å². The van der Waals surface area contributed by atoms with Crippen LogP contribution in [0.2, 0.25) is 0 Å². The van der Waals surface area contributed by atoms with Gasteiger partial charge in [0, 0.05) is 33.6 Å². The van der Waals surface area contributed by atoms with E-state index in [1.54, 1.807) is 0 Å². The summed E-state index contributed by atoms with van der Waals surface area (Å²) in [6.45, 7) is 0. The van der Waals surface area contributed by atoms with Gasteiger partial charge in [0.25, 0.3) is 0 Å². The Morgan fingerprint density at radius 3 is 1.14 bits per heavy atom. The van der Waals surface area contributed by atoms with E-state index in [-0.39, 0.29) is 50.9 Å². The van der Waals surface area contributed by atoms with Crippen molar-refractivity contribution in [2.45, 2.75) is 0 Å². The summed E-state index contributed by atoms with van der Waals surface area (Å²) in [4.78, 5) is 8.56. The van der Waals surface area contributed by atoms with E-state index in [1.807, 2.05) is 0 Å². The summed E-state index contributed by atoms with van der Waals surface area (Å²) in [5.74, 6) is 0. The third kappa shape index (κ3) is 238. The van der Waals surface area contributed by atoms with Crippen molar-refractivity contribution in [1.82, 2.24) is 0 Å². The third-order valence-corrected chi connectivity index (χ3v) is 0. The molecule has 7 heavy (non-hydrogen) atoms. The summed E-state index contributed by atoms with van der Waals surface area (Å²) < 4.78 is 0. The van der Waals surface area contributed by atoms with Gasteiger partial charge in [-0.05, 0) is 0 Å². The zero-order valence-electron chi connectivity index (χ0n) is 2.47. The molecule has 6 heteroatoms. The SMILES string of the molecule is O=C(O)O.[AlH3].[Co].[Co]. The summed E-state index contributed by atoms with van der Waals surface area (Å²) >= 11 is 0. The molecule has 0 aromatic rings. The second-order valence-corrected chi connectivity index (χ2v) is 0.283. The maximum atomic E-state index is 8.56. The molecule has 0 amide bonds. The second-order valence-electron chi connectivity index (χ2n) is 0.283. The maximum Gasteiger partial charge on any atom is 0.503 e. The largest absolute Gasteiger partial charge is 0.503 e. The van der Waals surface area contributed by atoms with Crippen molar-refractivity contribution in [1.29, 1.82) is 0 Å². The molecule has 0 saturated heterocycles. The zero-order chi connectivity index (χ0) is 3.58. The Morgan fingerprint density at radius 2 is 1.14 bits per heavy atom. The fraction of sp³-hybridized carbons (Fsp3) is 0. The van der Waals surface area contributed by atoms with Gasteiger partial charge in [-0.2, -0.15) is 0 Å². The Balaban J connectivity index is -0.0000000150. The molecule has 0 aliphatic rings. The molecule has 0 aliphatic carbocycles. The average molecular weight is 210 g/mol. The van der Waals surface area contributed by atoms with Crippen molar-refractivity contribution in [3.8, 4) is 0 Å². The molecule has 0 spiro atoms. The normalized spacial score (nSPS) is 3.43. The predicted octanol–water partition coefficient (Wildman–Crippen LogP) is -0.966. The fourth-order valence-corrected chi connectivity index (χ4v) is 0. The van der Waals surface area contributed by atoms with Gasteiger partial charge >= 0.3 is 6.16 Å². The Hall–Kier alpha value is 0.815. The van der Waals surface area contributed by atoms with E-state index in [1.165, 1.54) is 0 Å². The van der Waals surface area contributed by atoms with E-state index in [9.17, 15) is 0 Å². The van der Waals surface area contributed by atoms with Crippen molar-refractivity contribution in [2.75, 3.05) is 0 Å². The standard InChI is InChI=1S/CH2O3.Al.2Co.3H/c2-1(3)4;;;;;;/h(H2,2,3,4);;;;;;. The van der Waals surface area contributed by atoms with Crippen LogP contribution >= 0.6 is 0 Å². The summed E-state index contributed by atoms with van der Waals surface area (Å²) in [6.07, 6.45) is -1.83. The summed E-state index contributed by atoms with van der Waals surface area (Å²) in [7, 11) is 0. The molecule has 0 aromatic heterocycles. The van der Waals surface area contributed by atoms with Gasteiger partial charge in [0.2, 0.25) is 0 Å². The maximum absolute atomic E-state index is 8.56. The Labute approximate surface area is 72.0 Å². The molecule has 0 unspecified atom stereocenters. The molecule has 3 nitrogen and oxygen atoms in total. The molecule has 0 aliphatic heterocycles. The molecule has 2 N–H and O–H groups in total. The first-order valence-corrected chi connectivity index (χ1v) is 0.651. The topological polar surface area (TPSA) is 57.5 Å². The van der Waals surface area contributed by atoms with Crippen LogP contribution in [0, 0.1) is 0 Å². The number of hydrogen-bond acceptors (Lipinski definition) is 1. The average Bonchev–Trinajstić information content (AvgIpc) is 0.811. The molecular weight excluding hydrogens is 205 g/mol. The third-order valence-electron chi connectivity index (χ3n) is 0. The predicted molar refractivity (Wildman–Crippen MR) is 20.6 cm³/mol. The van der Waals surface area contributed by atoms with E-state index < -0.39 is 6.16 Å². The number of carbonyl (C=O) groups is 1. The van der Waals surface area contributed by atoms with E-state index in [0.717, 1.165) is 0 Å². The van der Waals surface area contributed by atoms with Crippen LogP contribution < -0.4 is 0 Å². The van der Waals surface area contributed by atoms with Gasteiger partial charge in [-0.15, -0.1) is 0 Å². The zero-order valence-corrected chi connectivity index (χ0v) is 4.55. The van der Waals surface area contributed by atoms with Crippen LogP contribution in [0.3, 0.4) is 0 Å². The molecule has 48 valence electrons. The molecule has 0 aromatic carbocycles. The van der Waals surface area contributed by atoms with Crippen molar-refractivity contribution < 1.29 is 48.6 Å². The monoisotopic (exact) mass is 210 g/mol. The van der Waals surface area contributed by atoms with E-state index in [0.29, 0.717) is 0 Å². The quantitative estimate of drug-likeness (QED) is 0.506. The summed E-state index contributed by atoms with van der Waals surface area (Å²) in [5.41, 5.74) is 0. The number of rotatable bonds is 0. The molecule has 0 bridgehead atoms. The van der Waals surface area contributed by atoms with Crippen molar-refractivity contribution >= 4 is 23.5 Å². The molecule has 0 fully saturated rings. The van der Waals surface area contributed by atoms with Gasteiger partial charge < -0.3 is 10.2 Å². The van der Waals surface area contributed by atoms with Crippen LogP contribution in [-0.2, 0) is 33.6 Å². The van der Waals surface area contributed by atoms with Gasteiger partial charge in [0.15, 0.2) is 17.4 Å². The minimum atomic E-state index is -1.83. The Morgan fingerprint density at radius 1 is 1.14 bits per heavy atom. The smallest absolute Gasteiger partial charge is 0.450 e. The van der Waals surface area contributed by atoms with Gasteiger partial charge in [-0.25, -0.2) is 4.79 Å². The molecule has 0 rings (SSSR count). The van der Waals surface area contributed by atoms with Gasteiger partial charge in [-0.1, -0.05) is 0 Å². The van der Waals surface area contributed by atoms with Crippen molar-refractivity contribution in [3.05, 3.63) is 0 Å². The Kier molecular flexibility index (Phi) is 56.4. The van der Waals surface area contributed by atoms with Crippen molar-refractivity contribution in [2.24, 2.45) is 0 Å². The first-order chi connectivity index (χ1) is 1.73. The number of carboxylic acid groups (broad SMARTS) is 2. The minimum Gasteiger partial charge on any atom is -0.450 e. The van der Waals surface area contributed by atoms with Crippen molar-refractivity contribution in [3.63, 3.8) is 0 Å². The second kappa shape index (κ2) is 15.8. The fourth-order valence-electron chi connectivity index (χ4n) is 0. The van der Waals surface area contributed by atoms with Crippen LogP contribution in [0.5, 0.6) is 0 Å². The molecule has 0 heterocycles. The van der Waals surface area contributed by atoms with E-state index in [4.69, 9.17) is 15.0 Å². The van der Waals surface area contributed by atoms with Crippen LogP contribution in [0.25, 0.3) is 0 Å². The van der Waals surface area contributed by atoms with Crippen LogP contribution in [-0.4, -0.2) is 33.7 Å². The molecule has 0 atom stereocenters. The number of hydrogen-bond donors (Lipinski definition) is 2. The minimum absolute atomic E-state index is 0. The summed E-state index contributed by atoms with van der Waals surface area (Å²) in [5, 5.41) is 13.9. The Bertz CT molecular complexity index is 35.9. The van der Waals surface area contributed by atoms with E-state index in [2.05, 4.69) is 0 Å². The first kappa shape index (κ1) is 24.9. The van der Waals surface area contributed by atoms with Gasteiger partial charge in [0.05, 0.1) is 0 Å². The van der Waals surface area contributed by atoms with Gasteiger partial charge in [-0.3, -0.25) is 0 Å².